The topological polar surface area (TPSA) is 123 Å². The second-order valence-corrected chi connectivity index (χ2v) is 11.4. The van der Waals surface area contributed by atoms with Crippen LogP contribution in [0.4, 0.5) is 17.1 Å². The molecule has 0 saturated carbocycles. The van der Waals surface area contributed by atoms with E-state index in [4.69, 9.17) is 26.6 Å². The number of aromatic carboxylic acids is 1. The molecule has 5 rings (SSSR count). The summed E-state index contributed by atoms with van der Waals surface area (Å²) in [5.74, 6) is -0.860. The Morgan fingerprint density at radius 3 is 1.68 bits per heavy atom. The fraction of sp³-hybridized carbons (Fsp3) is 0.297. The van der Waals surface area contributed by atoms with E-state index in [0.29, 0.717) is 27.8 Å². The number of aliphatic hydroxyl groups excluding tert-OH is 1. The van der Waals surface area contributed by atoms with E-state index < -0.39 is 23.6 Å². The van der Waals surface area contributed by atoms with Crippen molar-refractivity contribution in [2.45, 2.75) is 46.3 Å². The van der Waals surface area contributed by atoms with Gasteiger partial charge in [-0.15, -0.1) is 0 Å². The molecule has 4 N–H and O–H groups in total. The fourth-order valence-electron chi connectivity index (χ4n) is 5.90. The lowest BCUT2D eigenvalue weighted by Crippen LogP contribution is -2.42. The van der Waals surface area contributed by atoms with Crippen LogP contribution in [0.2, 0.25) is 5.02 Å². The monoisotopic (exact) mass is 659 g/mol. The molecule has 0 saturated heterocycles. The maximum atomic E-state index is 12.7. The van der Waals surface area contributed by atoms with E-state index in [1.807, 2.05) is 48.5 Å². The predicted octanol–water partition coefficient (Wildman–Crippen LogP) is 7.69. The number of halogens is 1. The van der Waals surface area contributed by atoms with E-state index in [0.717, 1.165) is 48.7 Å². The second-order valence-electron chi connectivity index (χ2n) is 11.0. The lowest BCUT2D eigenvalue weighted by atomic mass is 9.73. The first-order valence-electron chi connectivity index (χ1n) is 15.7. The Morgan fingerprint density at radius 1 is 0.766 bits per heavy atom. The molecule has 0 bridgehead atoms. The van der Waals surface area contributed by atoms with E-state index in [-0.39, 0.29) is 5.56 Å². The van der Waals surface area contributed by atoms with Crippen molar-refractivity contribution >= 4 is 40.6 Å². The summed E-state index contributed by atoms with van der Waals surface area (Å²) in [6.45, 7) is 13.1. The molecule has 47 heavy (non-hydrogen) atoms. The van der Waals surface area contributed by atoms with Crippen molar-refractivity contribution in [1.29, 1.82) is 0 Å². The molecule has 4 aromatic rings. The lowest BCUT2D eigenvalue weighted by molar-refractivity contribution is -0.145. The van der Waals surface area contributed by atoms with Crippen molar-refractivity contribution in [2.75, 3.05) is 41.3 Å². The molecule has 0 spiro atoms. The number of para-hydroxylation sites is 1. The van der Waals surface area contributed by atoms with Crippen molar-refractivity contribution < 1.29 is 29.6 Å². The number of fused-ring (bicyclic) bond motifs is 2. The smallest absolute Gasteiger partial charge is 0.336 e. The van der Waals surface area contributed by atoms with E-state index in [2.05, 4.69) is 67.1 Å². The largest absolute Gasteiger partial charge is 0.479 e. The molecule has 0 radical (unpaired) electrons. The highest BCUT2D eigenvalue weighted by atomic mass is 35.5. The number of rotatable bonds is 11. The average molecular weight is 660 g/mol. The van der Waals surface area contributed by atoms with Gasteiger partial charge in [0.15, 0.2) is 0 Å². The maximum Gasteiger partial charge on any atom is 0.336 e. The summed E-state index contributed by atoms with van der Waals surface area (Å²) in [6, 6.07) is 27.1. The third-order valence-corrected chi connectivity index (χ3v) is 8.66. The first kappa shape index (κ1) is 35.1. The summed E-state index contributed by atoms with van der Waals surface area (Å²) < 4.78 is 6.71. The molecule has 10 heteroatoms. The van der Waals surface area contributed by atoms with Crippen LogP contribution in [0.15, 0.2) is 84.9 Å². The average Bonchev–Trinajstić information content (AvgIpc) is 3.06. The number of carboxylic acid groups (broad SMARTS) is 2. The van der Waals surface area contributed by atoms with Gasteiger partial charge in [0.05, 0.1) is 16.3 Å². The van der Waals surface area contributed by atoms with Gasteiger partial charge in [0, 0.05) is 66.4 Å². The maximum absolute atomic E-state index is 12.7. The Hall–Kier alpha value is -4.73. The molecule has 4 aromatic carbocycles. The highest BCUT2D eigenvalue weighted by Crippen LogP contribution is 2.54. The summed E-state index contributed by atoms with van der Waals surface area (Å²) in [6.07, 6.45) is -1.23. The van der Waals surface area contributed by atoms with Crippen molar-refractivity contribution in [3.63, 3.8) is 0 Å². The molecular formula is C37H42ClN3O6. The normalized spacial score (nSPS) is 13.1. The van der Waals surface area contributed by atoms with Crippen LogP contribution < -0.4 is 19.9 Å². The second kappa shape index (κ2) is 15.2. The molecule has 1 heterocycles. The standard InChI is InChI=1S/C34H36ClN3O3.C3H6O3/c1-5-37(6-2)23-17-19-27-31(21-23)41-32-22-24(38(7-3)8-4)18-20-28(32)34(27,36-30-16-12-11-15-29(30)35)26-14-10-9-13-25(26)33(39)40;1-2(4)3(5)6/h9-22,36H,5-8H2,1-4H3,(H,39,40);2,4H,1H3,(H,5,6). The van der Waals surface area contributed by atoms with Gasteiger partial charge < -0.3 is 35.2 Å². The quantitative estimate of drug-likeness (QED) is 0.128. The number of carboxylic acids is 2. The number of aliphatic hydroxyl groups is 1. The Bertz CT molecular complexity index is 1660. The molecule has 1 aliphatic rings. The summed E-state index contributed by atoms with van der Waals surface area (Å²) in [4.78, 5) is 26.7. The summed E-state index contributed by atoms with van der Waals surface area (Å²) >= 11 is 6.73. The van der Waals surface area contributed by atoms with Gasteiger partial charge in [-0.05, 0) is 65.0 Å². The van der Waals surface area contributed by atoms with Crippen LogP contribution in [0.3, 0.4) is 0 Å². The fourth-order valence-corrected chi connectivity index (χ4v) is 6.08. The SMILES string of the molecule is CC(O)C(=O)O.CCN(CC)c1ccc2c(c1)Oc1cc(N(CC)CC)ccc1C2(Nc1ccccc1Cl)c1ccccc1C(=O)O. The number of benzene rings is 4. The van der Waals surface area contributed by atoms with Gasteiger partial charge in [0.1, 0.15) is 23.1 Å². The number of nitrogens with zero attached hydrogens (tertiary/aromatic N) is 2. The molecule has 0 fully saturated rings. The summed E-state index contributed by atoms with van der Waals surface area (Å²) in [7, 11) is 0. The Kier molecular flexibility index (Phi) is 11.4. The molecule has 9 nitrogen and oxygen atoms in total. The summed E-state index contributed by atoms with van der Waals surface area (Å²) in [5.41, 5.74) is 4.07. The molecular weight excluding hydrogens is 618 g/mol. The zero-order chi connectivity index (χ0) is 34.3. The van der Waals surface area contributed by atoms with E-state index in [1.54, 1.807) is 12.1 Å². The van der Waals surface area contributed by atoms with Gasteiger partial charge in [-0.3, -0.25) is 0 Å². The number of carbonyl (C=O) groups is 2. The Morgan fingerprint density at radius 2 is 1.23 bits per heavy atom. The highest BCUT2D eigenvalue weighted by Gasteiger charge is 2.46. The number of aliphatic carboxylic acids is 1. The van der Waals surface area contributed by atoms with Crippen LogP contribution in [0.25, 0.3) is 0 Å². The van der Waals surface area contributed by atoms with Gasteiger partial charge >= 0.3 is 11.9 Å². The Balaban J connectivity index is 0.000000762. The minimum atomic E-state index is -1.23. The summed E-state index contributed by atoms with van der Waals surface area (Å²) in [5, 5.41) is 30.4. The zero-order valence-electron chi connectivity index (χ0n) is 27.3. The zero-order valence-corrected chi connectivity index (χ0v) is 28.1. The van der Waals surface area contributed by atoms with E-state index >= 15 is 0 Å². The van der Waals surface area contributed by atoms with Crippen LogP contribution in [0.1, 0.15) is 61.7 Å². The van der Waals surface area contributed by atoms with Crippen LogP contribution in [0, 0.1) is 0 Å². The minimum Gasteiger partial charge on any atom is -0.479 e. The first-order chi connectivity index (χ1) is 22.5. The number of hydrogen-bond acceptors (Lipinski definition) is 7. The van der Waals surface area contributed by atoms with E-state index in [1.165, 1.54) is 6.92 Å². The van der Waals surface area contributed by atoms with Crippen molar-refractivity contribution in [1.82, 2.24) is 0 Å². The van der Waals surface area contributed by atoms with Crippen molar-refractivity contribution in [3.05, 3.63) is 112 Å². The van der Waals surface area contributed by atoms with Crippen LogP contribution in [-0.2, 0) is 10.3 Å². The van der Waals surface area contributed by atoms with Crippen LogP contribution >= 0.6 is 11.6 Å². The molecule has 0 aromatic heterocycles. The third kappa shape index (κ3) is 7.16. The van der Waals surface area contributed by atoms with Gasteiger partial charge in [-0.1, -0.05) is 54.1 Å². The van der Waals surface area contributed by atoms with Gasteiger partial charge in [0.2, 0.25) is 0 Å². The van der Waals surface area contributed by atoms with E-state index in [9.17, 15) is 14.7 Å². The highest BCUT2D eigenvalue weighted by molar-refractivity contribution is 6.33. The first-order valence-corrected chi connectivity index (χ1v) is 16.1. The molecule has 248 valence electrons. The molecule has 1 aliphatic heterocycles. The predicted molar refractivity (Wildman–Crippen MR) is 188 cm³/mol. The molecule has 1 unspecified atom stereocenters. The lowest BCUT2D eigenvalue weighted by Gasteiger charge is -2.43. The Labute approximate surface area is 281 Å². The van der Waals surface area contributed by atoms with Gasteiger partial charge in [-0.2, -0.15) is 0 Å². The number of ether oxygens (including phenoxy) is 1. The number of nitrogens with one attached hydrogen (secondary N) is 1. The van der Waals surface area contributed by atoms with Crippen LogP contribution in [0.5, 0.6) is 11.5 Å². The van der Waals surface area contributed by atoms with Gasteiger partial charge in [0.25, 0.3) is 0 Å². The number of hydrogen-bond donors (Lipinski definition) is 4. The van der Waals surface area contributed by atoms with Crippen molar-refractivity contribution in [2.24, 2.45) is 0 Å². The third-order valence-electron chi connectivity index (χ3n) is 8.33. The number of anilines is 3. The van der Waals surface area contributed by atoms with Crippen LogP contribution in [-0.4, -0.2) is 59.5 Å². The minimum absolute atomic E-state index is 0.200. The molecule has 1 atom stereocenters. The van der Waals surface area contributed by atoms with Gasteiger partial charge in [-0.25, -0.2) is 9.59 Å². The van der Waals surface area contributed by atoms with Crippen molar-refractivity contribution in [3.8, 4) is 11.5 Å². The molecule has 0 aliphatic carbocycles. The molecule has 0 amide bonds.